The highest BCUT2D eigenvalue weighted by atomic mass is 16.3. The zero-order valence-electron chi connectivity index (χ0n) is 13.6. The van der Waals surface area contributed by atoms with Gasteiger partial charge in [0, 0.05) is 18.0 Å². The van der Waals surface area contributed by atoms with E-state index in [1.807, 2.05) is 6.26 Å². The first-order chi connectivity index (χ1) is 9.65. The van der Waals surface area contributed by atoms with E-state index in [1.165, 1.54) is 37.0 Å². The molecular weight excluding hydrogens is 246 g/mol. The van der Waals surface area contributed by atoms with Gasteiger partial charge in [0.1, 0.15) is 5.76 Å². The fourth-order valence-corrected chi connectivity index (χ4v) is 4.03. The van der Waals surface area contributed by atoms with Gasteiger partial charge in [-0.25, -0.2) is 0 Å². The van der Waals surface area contributed by atoms with Crippen molar-refractivity contribution in [1.29, 1.82) is 0 Å². The summed E-state index contributed by atoms with van der Waals surface area (Å²) in [5, 5.41) is 3.80. The summed E-state index contributed by atoms with van der Waals surface area (Å²) in [6.07, 6.45) is 8.13. The van der Waals surface area contributed by atoms with Crippen LogP contribution < -0.4 is 5.32 Å². The maximum Gasteiger partial charge on any atom is 0.108 e. The van der Waals surface area contributed by atoms with Crippen LogP contribution in [0, 0.1) is 17.8 Å². The summed E-state index contributed by atoms with van der Waals surface area (Å²) in [5.74, 6) is 3.63. The molecule has 0 spiro atoms. The Balaban J connectivity index is 2.18. The Labute approximate surface area is 124 Å². The molecular formula is C18H31NO. The third-order valence-corrected chi connectivity index (χ3v) is 4.74. The Morgan fingerprint density at radius 3 is 2.50 bits per heavy atom. The van der Waals surface area contributed by atoms with Gasteiger partial charge < -0.3 is 9.73 Å². The van der Waals surface area contributed by atoms with E-state index in [-0.39, 0.29) is 0 Å². The summed E-state index contributed by atoms with van der Waals surface area (Å²) in [6.45, 7) is 10.3. The van der Waals surface area contributed by atoms with Crippen LogP contribution in [-0.4, -0.2) is 6.54 Å². The highest BCUT2D eigenvalue weighted by Crippen LogP contribution is 2.40. The van der Waals surface area contributed by atoms with E-state index in [9.17, 15) is 0 Å². The van der Waals surface area contributed by atoms with Gasteiger partial charge in [0.2, 0.25) is 0 Å². The van der Waals surface area contributed by atoms with E-state index < -0.39 is 0 Å². The minimum atomic E-state index is 0.480. The molecule has 3 atom stereocenters. The van der Waals surface area contributed by atoms with Crippen molar-refractivity contribution in [3.05, 3.63) is 23.7 Å². The van der Waals surface area contributed by atoms with Gasteiger partial charge in [-0.2, -0.15) is 0 Å². The maximum absolute atomic E-state index is 5.68. The highest BCUT2D eigenvalue weighted by molar-refractivity contribution is 5.22. The molecule has 114 valence electrons. The first-order valence-electron chi connectivity index (χ1n) is 8.45. The van der Waals surface area contributed by atoms with Gasteiger partial charge in [-0.3, -0.25) is 0 Å². The zero-order valence-corrected chi connectivity index (χ0v) is 13.6. The Morgan fingerprint density at radius 1 is 1.20 bits per heavy atom. The van der Waals surface area contributed by atoms with Crippen molar-refractivity contribution < 1.29 is 4.42 Å². The van der Waals surface area contributed by atoms with Gasteiger partial charge in [0.25, 0.3) is 0 Å². The van der Waals surface area contributed by atoms with E-state index >= 15 is 0 Å². The van der Waals surface area contributed by atoms with E-state index in [4.69, 9.17) is 4.42 Å². The lowest BCUT2D eigenvalue weighted by Gasteiger charge is -2.37. The lowest BCUT2D eigenvalue weighted by Crippen LogP contribution is -2.34. The molecule has 3 unspecified atom stereocenters. The van der Waals surface area contributed by atoms with Gasteiger partial charge in [-0.05, 0) is 56.0 Å². The third kappa shape index (κ3) is 3.66. The maximum atomic E-state index is 5.68. The molecule has 1 aromatic rings. The Morgan fingerprint density at radius 2 is 1.90 bits per heavy atom. The lowest BCUT2D eigenvalue weighted by atomic mass is 9.72. The van der Waals surface area contributed by atoms with Crippen LogP contribution in [0.4, 0.5) is 0 Å². The number of nitrogens with one attached hydrogen (secondary N) is 1. The fourth-order valence-electron chi connectivity index (χ4n) is 4.03. The molecule has 0 amide bonds. The third-order valence-electron chi connectivity index (χ3n) is 4.74. The Hall–Kier alpha value is -0.760. The van der Waals surface area contributed by atoms with Crippen molar-refractivity contribution in [2.75, 3.05) is 6.54 Å². The number of hydrogen-bond acceptors (Lipinski definition) is 2. The van der Waals surface area contributed by atoms with Crippen LogP contribution in [0.3, 0.4) is 0 Å². The Kier molecular flexibility index (Phi) is 5.71. The minimum Gasteiger partial charge on any atom is -0.469 e. The molecule has 1 heterocycles. The first kappa shape index (κ1) is 15.6. The van der Waals surface area contributed by atoms with Crippen LogP contribution >= 0.6 is 0 Å². The van der Waals surface area contributed by atoms with Crippen molar-refractivity contribution in [2.24, 2.45) is 17.8 Å². The molecule has 0 radical (unpaired) electrons. The molecule has 1 aliphatic carbocycles. The van der Waals surface area contributed by atoms with Crippen molar-refractivity contribution >= 4 is 0 Å². The van der Waals surface area contributed by atoms with E-state index in [1.54, 1.807) is 0 Å². The van der Waals surface area contributed by atoms with Crippen LogP contribution in [-0.2, 0) is 6.42 Å². The second-order valence-electron chi connectivity index (χ2n) is 6.76. The van der Waals surface area contributed by atoms with Gasteiger partial charge in [0.05, 0.1) is 6.26 Å². The number of furan rings is 1. The monoisotopic (exact) mass is 277 g/mol. The predicted octanol–water partition coefficient (Wildman–Crippen LogP) is 4.96. The molecule has 1 aromatic heterocycles. The second-order valence-corrected chi connectivity index (χ2v) is 6.76. The largest absolute Gasteiger partial charge is 0.469 e. The molecule has 20 heavy (non-hydrogen) atoms. The smallest absolute Gasteiger partial charge is 0.108 e. The topological polar surface area (TPSA) is 25.2 Å². The summed E-state index contributed by atoms with van der Waals surface area (Å²) in [5.41, 5.74) is 1.41. The van der Waals surface area contributed by atoms with Gasteiger partial charge in [-0.15, -0.1) is 0 Å². The zero-order chi connectivity index (χ0) is 14.5. The molecule has 1 aliphatic rings. The van der Waals surface area contributed by atoms with E-state index in [0.29, 0.717) is 6.04 Å². The quantitative estimate of drug-likeness (QED) is 0.795. The van der Waals surface area contributed by atoms with E-state index in [0.717, 1.165) is 30.7 Å². The van der Waals surface area contributed by atoms with Gasteiger partial charge in [0.15, 0.2) is 0 Å². The summed E-state index contributed by atoms with van der Waals surface area (Å²) >= 11 is 0. The van der Waals surface area contributed by atoms with Crippen LogP contribution in [0.15, 0.2) is 16.7 Å². The summed E-state index contributed by atoms with van der Waals surface area (Å²) < 4.78 is 5.68. The summed E-state index contributed by atoms with van der Waals surface area (Å²) in [7, 11) is 0. The van der Waals surface area contributed by atoms with Crippen molar-refractivity contribution in [1.82, 2.24) is 5.32 Å². The Bertz CT molecular complexity index is 388. The van der Waals surface area contributed by atoms with Gasteiger partial charge >= 0.3 is 0 Å². The molecule has 1 N–H and O–H groups in total. The van der Waals surface area contributed by atoms with Crippen molar-refractivity contribution in [2.45, 2.75) is 65.8 Å². The molecule has 0 aromatic carbocycles. The van der Waals surface area contributed by atoms with Crippen LogP contribution in [0.1, 0.15) is 70.7 Å². The van der Waals surface area contributed by atoms with Crippen molar-refractivity contribution in [3.8, 4) is 0 Å². The SMILES string of the molecule is CCCNC(c1ccoc1CC)C1CC(C)CC(C)C1. The highest BCUT2D eigenvalue weighted by Gasteiger charge is 2.32. The molecule has 2 rings (SSSR count). The van der Waals surface area contributed by atoms with Crippen LogP contribution in [0.5, 0.6) is 0 Å². The minimum absolute atomic E-state index is 0.480. The molecule has 2 heteroatoms. The lowest BCUT2D eigenvalue weighted by molar-refractivity contribution is 0.175. The van der Waals surface area contributed by atoms with Crippen molar-refractivity contribution in [3.63, 3.8) is 0 Å². The fraction of sp³-hybridized carbons (Fsp3) is 0.778. The van der Waals surface area contributed by atoms with Crippen LogP contribution in [0.2, 0.25) is 0 Å². The molecule has 0 aliphatic heterocycles. The van der Waals surface area contributed by atoms with Gasteiger partial charge in [-0.1, -0.05) is 27.7 Å². The van der Waals surface area contributed by atoms with E-state index in [2.05, 4.69) is 39.1 Å². The molecule has 2 nitrogen and oxygen atoms in total. The standard InChI is InChI=1S/C18H31NO/c1-5-8-19-18(16-7-9-20-17(16)6-2)15-11-13(3)10-14(4)12-15/h7,9,13-15,18-19H,5-6,8,10-12H2,1-4H3. The second kappa shape index (κ2) is 7.31. The summed E-state index contributed by atoms with van der Waals surface area (Å²) in [6, 6.07) is 2.67. The number of hydrogen-bond donors (Lipinski definition) is 1. The average Bonchev–Trinajstić information content (AvgIpc) is 2.86. The molecule has 1 saturated carbocycles. The molecule has 0 saturated heterocycles. The first-order valence-corrected chi connectivity index (χ1v) is 8.45. The van der Waals surface area contributed by atoms with Crippen LogP contribution in [0.25, 0.3) is 0 Å². The predicted molar refractivity (Wildman–Crippen MR) is 84.8 cm³/mol. The average molecular weight is 277 g/mol. The summed E-state index contributed by atoms with van der Waals surface area (Å²) in [4.78, 5) is 0. The molecule has 1 fully saturated rings. The molecule has 0 bridgehead atoms. The normalized spacial score (nSPS) is 28.5. The number of aryl methyl sites for hydroxylation is 1. The number of rotatable bonds is 6.